The van der Waals surface area contributed by atoms with E-state index in [1.54, 1.807) is 0 Å². The number of hydrogen-bond acceptors (Lipinski definition) is 3. The topological polar surface area (TPSA) is 40.5 Å². The maximum atomic E-state index is 12.3. The van der Waals surface area contributed by atoms with Crippen molar-refractivity contribution in [2.75, 3.05) is 13.2 Å². The highest BCUT2D eigenvalue weighted by atomic mass is 79.9. The smallest absolute Gasteiger partial charge is 0.264 e. The van der Waals surface area contributed by atoms with Crippen molar-refractivity contribution in [3.8, 4) is 0 Å². The summed E-state index contributed by atoms with van der Waals surface area (Å²) in [5.41, 5.74) is 0. The highest BCUT2D eigenvalue weighted by Gasteiger charge is 2.26. The van der Waals surface area contributed by atoms with Crippen LogP contribution in [-0.4, -0.2) is 35.1 Å². The molecule has 1 atom stereocenters. The first-order valence-corrected chi connectivity index (χ1v) is 7.50. The maximum Gasteiger partial charge on any atom is 0.264 e. The van der Waals surface area contributed by atoms with Gasteiger partial charge in [-0.3, -0.25) is 4.79 Å². The van der Waals surface area contributed by atoms with E-state index in [9.17, 15) is 9.90 Å². The van der Waals surface area contributed by atoms with Gasteiger partial charge in [0.05, 0.1) is 21.3 Å². The number of thiophene rings is 1. The van der Waals surface area contributed by atoms with E-state index in [4.69, 9.17) is 0 Å². The molecule has 2 rings (SSSR count). The lowest BCUT2D eigenvalue weighted by molar-refractivity contribution is 0.0604. The second kappa shape index (κ2) is 5.98. The average molecular weight is 318 g/mol. The van der Waals surface area contributed by atoms with Crippen molar-refractivity contribution in [3.63, 3.8) is 0 Å². The standard InChI is InChI=1S/C12H16BrNO2S/c13-11-6-5-10(17-11)12(16)14-7-3-1-2-4-9(14)8-15/h5-6,9,15H,1-4,7-8H2. The first kappa shape index (κ1) is 13.1. The Bertz CT molecular complexity index is 394. The molecular formula is C12H16BrNO2S. The van der Waals surface area contributed by atoms with Gasteiger partial charge in [0.15, 0.2) is 0 Å². The van der Waals surface area contributed by atoms with E-state index in [0.29, 0.717) is 0 Å². The number of amides is 1. The van der Waals surface area contributed by atoms with Crippen LogP contribution < -0.4 is 0 Å². The number of hydrogen-bond donors (Lipinski definition) is 1. The van der Waals surface area contributed by atoms with Crippen LogP contribution in [0.2, 0.25) is 0 Å². The van der Waals surface area contributed by atoms with E-state index in [0.717, 1.165) is 40.9 Å². The third-order valence-electron chi connectivity index (χ3n) is 3.13. The van der Waals surface area contributed by atoms with Gasteiger partial charge in [-0.2, -0.15) is 0 Å². The van der Waals surface area contributed by atoms with E-state index in [-0.39, 0.29) is 18.6 Å². The molecule has 94 valence electrons. The minimum atomic E-state index is -0.00845. The molecule has 17 heavy (non-hydrogen) atoms. The second-order valence-electron chi connectivity index (χ2n) is 4.29. The summed E-state index contributed by atoms with van der Waals surface area (Å²) in [6, 6.07) is 3.73. The molecule has 3 nitrogen and oxygen atoms in total. The molecule has 1 amide bonds. The fraction of sp³-hybridized carbons (Fsp3) is 0.583. The lowest BCUT2D eigenvalue weighted by atomic mass is 10.1. The predicted molar refractivity (Wildman–Crippen MR) is 72.4 cm³/mol. The van der Waals surface area contributed by atoms with Crippen molar-refractivity contribution >= 4 is 33.2 Å². The summed E-state index contributed by atoms with van der Waals surface area (Å²) >= 11 is 4.82. The first-order chi connectivity index (χ1) is 8.22. The van der Waals surface area contributed by atoms with E-state index < -0.39 is 0 Å². The van der Waals surface area contributed by atoms with Crippen LogP contribution in [0.1, 0.15) is 35.4 Å². The van der Waals surface area contributed by atoms with Crippen LogP contribution >= 0.6 is 27.3 Å². The van der Waals surface area contributed by atoms with E-state index in [2.05, 4.69) is 15.9 Å². The molecule has 1 aromatic rings. The van der Waals surface area contributed by atoms with Crippen LogP contribution in [0.4, 0.5) is 0 Å². The molecule has 5 heteroatoms. The maximum absolute atomic E-state index is 12.3. The Hall–Kier alpha value is -0.390. The summed E-state index contributed by atoms with van der Waals surface area (Å²) in [5.74, 6) is 0.0571. The van der Waals surface area contributed by atoms with Gasteiger partial charge in [-0.05, 0) is 40.9 Å². The van der Waals surface area contributed by atoms with Crippen molar-refractivity contribution in [3.05, 3.63) is 20.8 Å². The minimum absolute atomic E-state index is 0.00845. The Balaban J connectivity index is 2.15. The lowest BCUT2D eigenvalue weighted by Crippen LogP contribution is -2.41. The Morgan fingerprint density at radius 2 is 2.29 bits per heavy atom. The van der Waals surface area contributed by atoms with E-state index >= 15 is 0 Å². The molecule has 0 bridgehead atoms. The third kappa shape index (κ3) is 3.09. The highest BCUT2D eigenvalue weighted by molar-refractivity contribution is 9.11. The number of likely N-dealkylation sites (tertiary alicyclic amines) is 1. The van der Waals surface area contributed by atoms with Crippen molar-refractivity contribution in [2.45, 2.75) is 31.7 Å². The number of carbonyl (C=O) groups is 1. The van der Waals surface area contributed by atoms with Crippen molar-refractivity contribution in [2.24, 2.45) is 0 Å². The molecule has 1 saturated heterocycles. The Kier molecular flexibility index (Phi) is 4.59. The average Bonchev–Trinajstić information content (AvgIpc) is 2.64. The molecule has 0 aliphatic carbocycles. The number of aliphatic hydroxyl groups is 1. The zero-order chi connectivity index (χ0) is 12.3. The molecule has 1 fully saturated rings. The van der Waals surface area contributed by atoms with Gasteiger partial charge in [0.1, 0.15) is 0 Å². The summed E-state index contributed by atoms with van der Waals surface area (Å²) in [7, 11) is 0. The second-order valence-corrected chi connectivity index (χ2v) is 6.75. The van der Waals surface area contributed by atoms with Gasteiger partial charge < -0.3 is 10.0 Å². The zero-order valence-corrected chi connectivity index (χ0v) is 12.0. The van der Waals surface area contributed by atoms with Crippen molar-refractivity contribution in [1.82, 2.24) is 4.90 Å². The number of nitrogens with zero attached hydrogens (tertiary/aromatic N) is 1. The summed E-state index contributed by atoms with van der Waals surface area (Å²) in [5, 5.41) is 9.39. The molecule has 0 aromatic carbocycles. The number of aliphatic hydroxyl groups excluding tert-OH is 1. The summed E-state index contributed by atoms with van der Waals surface area (Å²) in [6.45, 7) is 0.831. The van der Waals surface area contributed by atoms with Gasteiger partial charge in [-0.15, -0.1) is 11.3 Å². The zero-order valence-electron chi connectivity index (χ0n) is 9.56. The monoisotopic (exact) mass is 317 g/mol. The van der Waals surface area contributed by atoms with Gasteiger partial charge in [0.25, 0.3) is 5.91 Å². The summed E-state index contributed by atoms with van der Waals surface area (Å²) < 4.78 is 0.969. The predicted octanol–water partition coefficient (Wildman–Crippen LogP) is 2.89. The fourth-order valence-corrected chi connectivity index (χ4v) is 3.55. The SMILES string of the molecule is O=C(c1ccc(Br)s1)N1CCCCCC1CO. The van der Waals surface area contributed by atoms with Crippen LogP contribution in [0, 0.1) is 0 Å². The quantitative estimate of drug-likeness (QED) is 0.911. The molecular weight excluding hydrogens is 302 g/mol. The minimum Gasteiger partial charge on any atom is -0.394 e. The molecule has 1 aliphatic heterocycles. The largest absolute Gasteiger partial charge is 0.394 e. The lowest BCUT2D eigenvalue weighted by Gasteiger charge is -2.28. The number of carbonyl (C=O) groups excluding carboxylic acids is 1. The Labute approximate surface area is 114 Å². The molecule has 0 spiro atoms. The van der Waals surface area contributed by atoms with Gasteiger partial charge in [0, 0.05) is 6.54 Å². The normalized spacial score (nSPS) is 21.3. The van der Waals surface area contributed by atoms with Crippen LogP contribution in [0.25, 0.3) is 0 Å². The Morgan fingerprint density at radius 1 is 1.47 bits per heavy atom. The van der Waals surface area contributed by atoms with Gasteiger partial charge >= 0.3 is 0 Å². The molecule has 1 N–H and O–H groups in total. The van der Waals surface area contributed by atoms with E-state index in [1.807, 2.05) is 17.0 Å². The van der Waals surface area contributed by atoms with Crippen LogP contribution in [0.5, 0.6) is 0 Å². The number of rotatable bonds is 2. The van der Waals surface area contributed by atoms with Gasteiger partial charge in [-0.1, -0.05) is 12.8 Å². The molecule has 1 aromatic heterocycles. The molecule has 0 radical (unpaired) electrons. The molecule has 2 heterocycles. The van der Waals surface area contributed by atoms with Crippen LogP contribution in [-0.2, 0) is 0 Å². The van der Waals surface area contributed by atoms with Crippen LogP contribution in [0.3, 0.4) is 0 Å². The van der Waals surface area contributed by atoms with Crippen molar-refractivity contribution < 1.29 is 9.90 Å². The third-order valence-corrected chi connectivity index (χ3v) is 4.74. The van der Waals surface area contributed by atoms with Gasteiger partial charge in [-0.25, -0.2) is 0 Å². The Morgan fingerprint density at radius 3 is 2.94 bits per heavy atom. The summed E-state index contributed by atoms with van der Waals surface area (Å²) in [4.78, 5) is 14.9. The molecule has 1 aliphatic rings. The highest BCUT2D eigenvalue weighted by Crippen LogP contribution is 2.26. The van der Waals surface area contributed by atoms with Crippen LogP contribution in [0.15, 0.2) is 15.9 Å². The van der Waals surface area contributed by atoms with Crippen molar-refractivity contribution in [1.29, 1.82) is 0 Å². The number of halogens is 1. The summed E-state index contributed by atoms with van der Waals surface area (Å²) in [6.07, 6.45) is 4.20. The molecule has 1 unspecified atom stereocenters. The fourth-order valence-electron chi connectivity index (χ4n) is 2.21. The van der Waals surface area contributed by atoms with Gasteiger partial charge in [0.2, 0.25) is 0 Å². The first-order valence-electron chi connectivity index (χ1n) is 5.89. The molecule has 0 saturated carbocycles. The van der Waals surface area contributed by atoms with E-state index in [1.165, 1.54) is 11.3 Å².